The quantitative estimate of drug-likeness (QED) is 0.830. The second-order valence-corrected chi connectivity index (χ2v) is 6.71. The number of aromatic nitrogens is 1. The van der Waals surface area contributed by atoms with E-state index in [1.54, 1.807) is 11.3 Å². The fourth-order valence-electron chi connectivity index (χ4n) is 2.61. The Balaban J connectivity index is 1.88. The third-order valence-corrected chi connectivity index (χ3v) is 4.23. The maximum absolute atomic E-state index is 5.65. The van der Waals surface area contributed by atoms with Gasteiger partial charge in [0.1, 0.15) is 0 Å². The van der Waals surface area contributed by atoms with Crippen LogP contribution < -0.4 is 5.32 Å². The zero-order chi connectivity index (χ0) is 13.7. The highest BCUT2D eigenvalue weighted by Gasteiger charge is 2.35. The van der Waals surface area contributed by atoms with Gasteiger partial charge in [-0.2, -0.15) is 0 Å². The Kier molecular flexibility index (Phi) is 5.33. The average Bonchev–Trinajstić information content (AvgIpc) is 2.99. The number of nitrogens with one attached hydrogen (secondary N) is 1. The predicted molar refractivity (Wildman–Crippen MR) is 79.5 cm³/mol. The fraction of sp³-hybridized carbons (Fsp3) is 0.786. The minimum atomic E-state index is 0.259. The number of rotatable bonds is 7. The van der Waals surface area contributed by atoms with Crippen molar-refractivity contribution in [1.29, 1.82) is 0 Å². The summed E-state index contributed by atoms with van der Waals surface area (Å²) in [7, 11) is 2.18. The van der Waals surface area contributed by atoms with Crippen LogP contribution in [0.25, 0.3) is 0 Å². The van der Waals surface area contributed by atoms with Crippen molar-refractivity contribution in [2.24, 2.45) is 5.41 Å². The fourth-order valence-corrected chi connectivity index (χ4v) is 3.16. The lowest BCUT2D eigenvalue weighted by Crippen LogP contribution is -2.45. The van der Waals surface area contributed by atoms with Gasteiger partial charge in [-0.1, -0.05) is 13.8 Å². The summed E-state index contributed by atoms with van der Waals surface area (Å²) >= 11 is 1.66. The molecule has 4 nitrogen and oxygen atoms in total. The van der Waals surface area contributed by atoms with Crippen LogP contribution in [0.15, 0.2) is 10.9 Å². The molecule has 1 N–H and O–H groups in total. The first-order valence-electron chi connectivity index (χ1n) is 6.96. The smallest absolute Gasteiger partial charge is 0.0795 e. The molecule has 1 saturated heterocycles. The van der Waals surface area contributed by atoms with E-state index >= 15 is 0 Å². The first-order valence-corrected chi connectivity index (χ1v) is 7.91. The predicted octanol–water partition coefficient (Wildman–Crippen LogP) is 1.98. The van der Waals surface area contributed by atoms with Crippen molar-refractivity contribution >= 4 is 11.3 Å². The molecule has 1 aromatic heterocycles. The Hall–Kier alpha value is -0.490. The van der Waals surface area contributed by atoms with Crippen LogP contribution in [-0.2, 0) is 11.3 Å². The molecule has 2 heterocycles. The van der Waals surface area contributed by atoms with Gasteiger partial charge in [0.05, 0.1) is 17.8 Å². The maximum atomic E-state index is 5.65. The zero-order valence-electron chi connectivity index (χ0n) is 12.2. The highest BCUT2D eigenvalue weighted by atomic mass is 32.1. The second-order valence-electron chi connectivity index (χ2n) is 5.99. The van der Waals surface area contributed by atoms with Gasteiger partial charge in [-0.25, -0.2) is 4.98 Å². The summed E-state index contributed by atoms with van der Waals surface area (Å²) in [5.41, 5.74) is 3.32. The van der Waals surface area contributed by atoms with E-state index in [0.29, 0.717) is 6.04 Å². The molecule has 108 valence electrons. The number of thiazole rings is 1. The molecule has 0 radical (unpaired) electrons. The van der Waals surface area contributed by atoms with Crippen molar-refractivity contribution in [3.8, 4) is 0 Å². The Morgan fingerprint density at radius 1 is 1.58 bits per heavy atom. The molecule has 1 unspecified atom stereocenters. The minimum Gasteiger partial charge on any atom is -0.381 e. The number of hydrogen-bond acceptors (Lipinski definition) is 5. The van der Waals surface area contributed by atoms with Crippen molar-refractivity contribution in [1.82, 2.24) is 15.2 Å². The van der Waals surface area contributed by atoms with Crippen LogP contribution in [0.1, 0.15) is 26.0 Å². The molecule has 19 heavy (non-hydrogen) atoms. The molecule has 1 aliphatic heterocycles. The van der Waals surface area contributed by atoms with E-state index in [0.717, 1.165) is 39.3 Å². The molecule has 0 amide bonds. The van der Waals surface area contributed by atoms with Gasteiger partial charge in [0, 0.05) is 43.1 Å². The summed E-state index contributed by atoms with van der Waals surface area (Å²) < 4.78 is 5.65. The Morgan fingerprint density at radius 2 is 2.42 bits per heavy atom. The molecular formula is C14H25N3OS. The van der Waals surface area contributed by atoms with E-state index in [9.17, 15) is 0 Å². The molecule has 1 aromatic rings. The van der Waals surface area contributed by atoms with Gasteiger partial charge in [-0.3, -0.25) is 4.90 Å². The van der Waals surface area contributed by atoms with Crippen LogP contribution >= 0.6 is 11.3 Å². The van der Waals surface area contributed by atoms with Gasteiger partial charge in [-0.05, 0) is 13.5 Å². The number of hydrogen-bond donors (Lipinski definition) is 1. The summed E-state index contributed by atoms with van der Waals surface area (Å²) in [5, 5.41) is 5.70. The van der Waals surface area contributed by atoms with Crippen LogP contribution in [0.3, 0.4) is 0 Å². The van der Waals surface area contributed by atoms with Gasteiger partial charge < -0.3 is 10.1 Å². The lowest BCUT2D eigenvalue weighted by Gasteiger charge is -2.33. The van der Waals surface area contributed by atoms with E-state index in [1.165, 1.54) is 5.69 Å². The van der Waals surface area contributed by atoms with Crippen LogP contribution in [0.5, 0.6) is 0 Å². The van der Waals surface area contributed by atoms with Gasteiger partial charge >= 0.3 is 0 Å². The monoisotopic (exact) mass is 283 g/mol. The molecule has 2 rings (SSSR count). The molecule has 1 atom stereocenters. The lowest BCUT2D eigenvalue weighted by molar-refractivity contribution is 0.114. The molecule has 0 bridgehead atoms. The van der Waals surface area contributed by atoms with Crippen molar-refractivity contribution in [3.63, 3.8) is 0 Å². The standard InChI is InChI=1S/C14H25N3OS/c1-12(2)15-8-14(4-5-18-10-14)9-17(3)6-13-7-19-11-16-13/h7,11-12,15H,4-6,8-10H2,1-3H3. The number of nitrogens with zero attached hydrogens (tertiary/aromatic N) is 2. The van der Waals surface area contributed by atoms with E-state index in [1.807, 2.05) is 5.51 Å². The van der Waals surface area contributed by atoms with Gasteiger partial charge in [0.15, 0.2) is 0 Å². The molecule has 0 aromatic carbocycles. The average molecular weight is 283 g/mol. The summed E-state index contributed by atoms with van der Waals surface area (Å²) in [6.45, 7) is 9.17. The topological polar surface area (TPSA) is 37.4 Å². The highest BCUT2D eigenvalue weighted by molar-refractivity contribution is 7.07. The third kappa shape index (κ3) is 4.53. The van der Waals surface area contributed by atoms with Crippen molar-refractivity contribution in [2.75, 3.05) is 33.4 Å². The molecule has 1 fully saturated rings. The van der Waals surface area contributed by atoms with Crippen molar-refractivity contribution in [2.45, 2.75) is 32.9 Å². The van der Waals surface area contributed by atoms with E-state index in [4.69, 9.17) is 4.74 Å². The zero-order valence-corrected chi connectivity index (χ0v) is 13.0. The molecule has 5 heteroatoms. The SMILES string of the molecule is CC(C)NCC1(CN(C)Cc2cscn2)CCOC1. The molecule has 0 aliphatic carbocycles. The second kappa shape index (κ2) is 6.79. The summed E-state index contributed by atoms with van der Waals surface area (Å²) in [6.07, 6.45) is 1.15. The lowest BCUT2D eigenvalue weighted by atomic mass is 9.86. The van der Waals surface area contributed by atoms with Crippen LogP contribution in [0.4, 0.5) is 0 Å². The number of ether oxygens (including phenoxy) is 1. The third-order valence-electron chi connectivity index (χ3n) is 3.59. The molecule has 1 aliphatic rings. The molecule has 0 saturated carbocycles. The molecular weight excluding hydrogens is 258 g/mol. The van der Waals surface area contributed by atoms with Crippen LogP contribution in [0, 0.1) is 5.41 Å². The van der Waals surface area contributed by atoms with Crippen molar-refractivity contribution in [3.05, 3.63) is 16.6 Å². The largest absolute Gasteiger partial charge is 0.381 e. The van der Waals surface area contributed by atoms with Gasteiger partial charge in [0.2, 0.25) is 0 Å². The Bertz CT molecular complexity index is 361. The minimum absolute atomic E-state index is 0.259. The highest BCUT2D eigenvalue weighted by Crippen LogP contribution is 2.29. The van der Waals surface area contributed by atoms with Gasteiger partial charge in [-0.15, -0.1) is 11.3 Å². The first-order chi connectivity index (χ1) is 9.10. The van der Waals surface area contributed by atoms with E-state index in [2.05, 4.69) is 41.5 Å². The first kappa shape index (κ1) is 14.9. The molecule has 0 spiro atoms. The summed E-state index contributed by atoms with van der Waals surface area (Å²) in [6, 6.07) is 0.529. The van der Waals surface area contributed by atoms with E-state index in [-0.39, 0.29) is 5.41 Å². The van der Waals surface area contributed by atoms with Gasteiger partial charge in [0.25, 0.3) is 0 Å². The summed E-state index contributed by atoms with van der Waals surface area (Å²) in [4.78, 5) is 6.72. The normalized spacial score (nSPS) is 23.6. The van der Waals surface area contributed by atoms with Crippen LogP contribution in [-0.4, -0.2) is 49.3 Å². The maximum Gasteiger partial charge on any atom is 0.0795 e. The Morgan fingerprint density at radius 3 is 3.00 bits per heavy atom. The van der Waals surface area contributed by atoms with Crippen molar-refractivity contribution < 1.29 is 4.74 Å². The summed E-state index contributed by atoms with van der Waals surface area (Å²) in [5.74, 6) is 0. The van der Waals surface area contributed by atoms with Crippen LogP contribution in [0.2, 0.25) is 0 Å². The van der Waals surface area contributed by atoms with E-state index < -0.39 is 0 Å². The Labute approximate surface area is 120 Å².